The van der Waals surface area contributed by atoms with Crippen molar-refractivity contribution in [3.05, 3.63) is 47.2 Å². The average molecular weight is 291 g/mol. The minimum absolute atomic E-state index is 0.283. The number of aromatic nitrogens is 1. The van der Waals surface area contributed by atoms with Crippen molar-refractivity contribution in [1.29, 1.82) is 0 Å². The molecular weight excluding hydrogens is 258 g/mol. The van der Waals surface area contributed by atoms with Crippen LogP contribution in [-0.4, -0.2) is 8.07 Å². The molecule has 1 heterocycles. The van der Waals surface area contributed by atoms with Gasteiger partial charge in [-0.1, -0.05) is 36.5 Å². The van der Waals surface area contributed by atoms with Crippen LogP contribution in [0.2, 0.25) is 19.6 Å². The topological polar surface area (TPSA) is 3.88 Å². The van der Waals surface area contributed by atoms with Gasteiger partial charge in [-0.3, -0.25) is 0 Å². The van der Waals surface area contributed by atoms with Crippen LogP contribution in [0.15, 0.2) is 30.5 Å². The molecule has 2 aromatic rings. The van der Waals surface area contributed by atoms with Crippen LogP contribution >= 0.6 is 0 Å². The zero-order valence-corrected chi connectivity index (χ0v) is 13.8. The predicted molar refractivity (Wildman–Crippen MR) is 90.2 cm³/mol. The molecule has 0 fully saturated rings. The lowest BCUT2D eigenvalue weighted by atomic mass is 10.0. The van der Waals surface area contributed by atoms with Crippen molar-refractivity contribution in [2.75, 3.05) is 0 Å². The Hall–Kier alpha value is -1.41. The van der Waals surface area contributed by atoms with Crippen LogP contribution < -0.4 is 9.75 Å². The summed E-state index contributed by atoms with van der Waals surface area (Å²) in [6, 6.07) is 7.18. The van der Waals surface area contributed by atoms with Crippen molar-refractivity contribution in [3.8, 4) is 11.3 Å². The third-order valence-electron chi connectivity index (χ3n) is 3.58. The van der Waals surface area contributed by atoms with Gasteiger partial charge in [0.1, 0.15) is 7.05 Å². The lowest BCUT2D eigenvalue weighted by molar-refractivity contribution is -0.660. The summed E-state index contributed by atoms with van der Waals surface area (Å²) in [7, 11) is -0.0770. The van der Waals surface area contributed by atoms with E-state index in [2.05, 4.69) is 19.6 Å². The lowest BCUT2D eigenvalue weighted by Crippen LogP contribution is -2.40. The van der Waals surface area contributed by atoms with Crippen LogP contribution in [0.1, 0.15) is 24.9 Å². The second kappa shape index (κ2) is 5.17. The zero-order chi connectivity index (χ0) is 20.1. The van der Waals surface area contributed by atoms with E-state index in [9.17, 15) is 0 Å². The molecule has 106 valence electrons. The van der Waals surface area contributed by atoms with Crippen molar-refractivity contribution in [1.82, 2.24) is 0 Å². The first kappa shape index (κ1) is 8.78. The van der Waals surface area contributed by atoms with Crippen molar-refractivity contribution in [2.45, 2.75) is 40.3 Å². The summed E-state index contributed by atoms with van der Waals surface area (Å²) < 4.78 is 48.2. The van der Waals surface area contributed by atoms with Gasteiger partial charge in [0.05, 0.1) is 8.07 Å². The van der Waals surface area contributed by atoms with Crippen molar-refractivity contribution >= 4 is 13.3 Å². The summed E-state index contributed by atoms with van der Waals surface area (Å²) >= 11 is 0. The first-order valence-corrected chi connectivity index (χ1v) is 10.3. The maximum Gasteiger partial charge on any atom is 0.212 e. The van der Waals surface area contributed by atoms with Crippen LogP contribution in [0.3, 0.4) is 0 Å². The molecule has 1 aromatic heterocycles. The molecule has 0 aliphatic heterocycles. The molecule has 0 radical (unpaired) electrons. The van der Waals surface area contributed by atoms with E-state index in [4.69, 9.17) is 8.22 Å². The van der Waals surface area contributed by atoms with E-state index in [0.29, 0.717) is 5.56 Å². The van der Waals surface area contributed by atoms with Crippen LogP contribution in [0, 0.1) is 20.6 Å². The first-order valence-electron chi connectivity index (χ1n) is 9.78. The first-order chi connectivity index (χ1) is 11.6. The zero-order valence-electron chi connectivity index (χ0n) is 18.8. The molecule has 0 atom stereocenters. The smallest absolute Gasteiger partial charge is 0.201 e. The van der Waals surface area contributed by atoms with Crippen molar-refractivity contribution in [3.63, 3.8) is 0 Å². The van der Waals surface area contributed by atoms with E-state index in [1.807, 2.05) is 20.0 Å². The van der Waals surface area contributed by atoms with E-state index in [1.54, 1.807) is 29.0 Å². The Morgan fingerprint density at radius 1 is 1.05 bits per heavy atom. The highest BCUT2D eigenvalue weighted by molar-refractivity contribution is 6.89. The van der Waals surface area contributed by atoms with Crippen LogP contribution in [-0.2, 0) is 7.05 Å². The fourth-order valence-corrected chi connectivity index (χ4v) is 3.95. The van der Waals surface area contributed by atoms with Gasteiger partial charge in [-0.05, 0) is 38.3 Å². The predicted octanol–water partition coefficient (Wildman–Crippen LogP) is 3.65. The minimum Gasteiger partial charge on any atom is -0.201 e. The number of hydrogen-bond acceptors (Lipinski definition) is 0. The molecule has 0 N–H and O–H groups in total. The standard InChI is InChI=1S/C18H26NSi/c1-13-8-9-17(19(4)12-13)16-11-18(20(5,6)7)15(3)10-14(16)2/h8-12H,1-7H3/q+1/i1D3,3D3. The number of aryl methyl sites for hydroxylation is 4. The monoisotopic (exact) mass is 290 g/mol. The van der Waals surface area contributed by atoms with E-state index in [-0.39, 0.29) is 5.56 Å². The van der Waals surface area contributed by atoms with Crippen molar-refractivity contribution in [2.24, 2.45) is 7.05 Å². The molecule has 0 amide bonds. The van der Waals surface area contributed by atoms with E-state index >= 15 is 0 Å². The number of nitrogens with zero attached hydrogens (tertiary/aromatic N) is 1. The van der Waals surface area contributed by atoms with Gasteiger partial charge in [0.15, 0.2) is 6.20 Å². The van der Waals surface area contributed by atoms with E-state index in [0.717, 1.165) is 22.0 Å². The average Bonchev–Trinajstić information content (AvgIpc) is 2.44. The van der Waals surface area contributed by atoms with Crippen LogP contribution in [0.5, 0.6) is 0 Å². The lowest BCUT2D eigenvalue weighted by Gasteiger charge is -2.21. The molecule has 0 unspecified atom stereocenters. The summed E-state index contributed by atoms with van der Waals surface area (Å²) in [6.07, 6.45) is 1.62. The number of hydrogen-bond donors (Lipinski definition) is 0. The summed E-state index contributed by atoms with van der Waals surface area (Å²) in [4.78, 5) is 0. The fraction of sp³-hybridized carbons (Fsp3) is 0.389. The van der Waals surface area contributed by atoms with Gasteiger partial charge in [-0.25, -0.2) is 4.57 Å². The number of rotatable bonds is 2. The van der Waals surface area contributed by atoms with E-state index in [1.165, 1.54) is 0 Å². The van der Waals surface area contributed by atoms with Gasteiger partial charge in [0.25, 0.3) is 0 Å². The molecule has 0 saturated heterocycles. The normalized spacial score (nSPS) is 17.4. The molecule has 2 heteroatoms. The minimum atomic E-state index is -2.15. The second-order valence-electron chi connectivity index (χ2n) is 6.38. The molecule has 0 spiro atoms. The molecule has 1 aromatic carbocycles. The Morgan fingerprint density at radius 3 is 2.35 bits per heavy atom. The van der Waals surface area contributed by atoms with Crippen LogP contribution in [0.25, 0.3) is 11.3 Å². The Bertz CT molecular complexity index is 831. The Morgan fingerprint density at radius 2 is 1.80 bits per heavy atom. The molecular formula is C18H26NSi+. The third kappa shape index (κ3) is 2.85. The molecule has 0 bridgehead atoms. The van der Waals surface area contributed by atoms with Gasteiger partial charge < -0.3 is 0 Å². The Kier molecular flexibility index (Phi) is 2.27. The molecule has 1 nitrogen and oxygen atoms in total. The van der Waals surface area contributed by atoms with Gasteiger partial charge in [-0.2, -0.15) is 0 Å². The Balaban J connectivity index is 2.72. The largest absolute Gasteiger partial charge is 0.212 e. The number of pyridine rings is 1. The summed E-state index contributed by atoms with van der Waals surface area (Å²) in [6.45, 7) is 4.00. The molecule has 0 aliphatic carbocycles. The number of benzene rings is 1. The maximum atomic E-state index is 7.89. The summed E-state index contributed by atoms with van der Waals surface area (Å²) in [5, 5.41) is 0.915. The second-order valence-corrected chi connectivity index (χ2v) is 11.4. The molecule has 0 saturated carbocycles. The van der Waals surface area contributed by atoms with Crippen LogP contribution in [0.4, 0.5) is 0 Å². The molecule has 0 aliphatic rings. The maximum absolute atomic E-state index is 7.89. The van der Waals surface area contributed by atoms with Gasteiger partial charge in [0, 0.05) is 25.4 Å². The van der Waals surface area contributed by atoms with Gasteiger partial charge in [0.2, 0.25) is 5.69 Å². The quantitative estimate of drug-likeness (QED) is 0.587. The highest BCUT2D eigenvalue weighted by Crippen LogP contribution is 2.22. The highest BCUT2D eigenvalue weighted by atomic mass is 28.3. The highest BCUT2D eigenvalue weighted by Gasteiger charge is 2.22. The Labute approximate surface area is 132 Å². The van der Waals surface area contributed by atoms with E-state index < -0.39 is 21.8 Å². The summed E-state index contributed by atoms with van der Waals surface area (Å²) in [5.41, 5.74) is 3.39. The fourth-order valence-electron chi connectivity index (χ4n) is 2.49. The molecule has 20 heavy (non-hydrogen) atoms. The molecule has 2 rings (SSSR count). The van der Waals surface area contributed by atoms with Crippen molar-refractivity contribution < 1.29 is 12.8 Å². The van der Waals surface area contributed by atoms with Gasteiger partial charge in [-0.15, -0.1) is 0 Å². The third-order valence-corrected chi connectivity index (χ3v) is 5.61. The SMILES string of the molecule is [2H]C([2H])([2H])c1ccc(-c2cc([Si](C)(C)C)c(C([2H])([2H])[2H])cc2C)[n+](C)c1. The van der Waals surface area contributed by atoms with Gasteiger partial charge >= 0.3 is 0 Å². The summed E-state index contributed by atoms with van der Waals surface area (Å²) in [5.74, 6) is 0.